The van der Waals surface area contributed by atoms with Crippen LogP contribution in [-0.4, -0.2) is 48.4 Å². The van der Waals surface area contributed by atoms with E-state index in [0.29, 0.717) is 19.6 Å². The highest BCUT2D eigenvalue weighted by molar-refractivity contribution is 7.86. The maximum absolute atomic E-state index is 12.7. The number of carbonyl (C=O) groups excluding carboxylic acids is 1. The lowest BCUT2D eigenvalue weighted by Gasteiger charge is -2.35. The Morgan fingerprint density at radius 2 is 1.96 bits per heavy atom. The van der Waals surface area contributed by atoms with Gasteiger partial charge < -0.3 is 4.90 Å². The van der Waals surface area contributed by atoms with E-state index in [4.69, 9.17) is 0 Å². The summed E-state index contributed by atoms with van der Waals surface area (Å²) < 4.78 is 13.9. The third kappa shape index (κ3) is 3.17. The van der Waals surface area contributed by atoms with Crippen LogP contribution in [0, 0.1) is 5.92 Å². The molecule has 1 amide bonds. The van der Waals surface area contributed by atoms with Crippen LogP contribution in [0.4, 0.5) is 0 Å². The molecular formula is C17H23N3O2S. The van der Waals surface area contributed by atoms with E-state index in [1.807, 2.05) is 60.8 Å². The molecular weight excluding hydrogens is 310 g/mol. The van der Waals surface area contributed by atoms with Crippen LogP contribution in [0.3, 0.4) is 0 Å². The molecule has 124 valence electrons. The third-order valence-electron chi connectivity index (χ3n) is 4.48. The number of amides is 1. The molecule has 0 aliphatic carbocycles. The quantitative estimate of drug-likeness (QED) is 0.864. The third-order valence-corrected chi connectivity index (χ3v) is 6.36. The van der Waals surface area contributed by atoms with Gasteiger partial charge in [0.2, 0.25) is 5.91 Å². The first-order valence-corrected chi connectivity index (χ1v) is 9.33. The number of para-hydroxylation sites is 1. The maximum atomic E-state index is 12.7. The number of hydrogen-bond donors (Lipinski definition) is 0. The van der Waals surface area contributed by atoms with Gasteiger partial charge in [-0.25, -0.2) is 0 Å². The molecule has 0 N–H and O–H groups in total. The summed E-state index contributed by atoms with van der Waals surface area (Å²) in [5.74, 6) is -0.0239. The van der Waals surface area contributed by atoms with Gasteiger partial charge in [-0.1, -0.05) is 25.1 Å². The molecule has 23 heavy (non-hydrogen) atoms. The Hall–Kier alpha value is -1.69. The molecule has 0 bridgehead atoms. The van der Waals surface area contributed by atoms with Gasteiger partial charge in [-0.05, 0) is 19.9 Å². The Labute approximate surface area is 139 Å². The Morgan fingerprint density at radius 3 is 2.65 bits per heavy atom. The van der Waals surface area contributed by atoms with Gasteiger partial charge >= 0.3 is 0 Å². The first-order valence-electron chi connectivity index (χ1n) is 8.06. The number of rotatable bonds is 3. The van der Waals surface area contributed by atoms with Crippen LogP contribution in [0.25, 0.3) is 10.9 Å². The molecule has 1 fully saturated rings. The van der Waals surface area contributed by atoms with E-state index in [2.05, 4.69) is 5.10 Å². The highest BCUT2D eigenvalue weighted by atomic mass is 32.2. The number of aromatic nitrogens is 2. The average Bonchev–Trinajstić information content (AvgIpc) is 2.94. The van der Waals surface area contributed by atoms with E-state index in [9.17, 15) is 9.00 Å². The summed E-state index contributed by atoms with van der Waals surface area (Å²) in [6.07, 6.45) is 1.83. The van der Waals surface area contributed by atoms with Crippen LogP contribution in [0.5, 0.6) is 0 Å². The van der Waals surface area contributed by atoms with Gasteiger partial charge in [-0.15, -0.1) is 0 Å². The highest BCUT2D eigenvalue weighted by Crippen LogP contribution is 2.19. The van der Waals surface area contributed by atoms with Crippen molar-refractivity contribution < 1.29 is 9.00 Å². The zero-order chi connectivity index (χ0) is 16.6. The lowest BCUT2D eigenvalue weighted by molar-refractivity contribution is -0.135. The van der Waals surface area contributed by atoms with E-state index in [-0.39, 0.29) is 22.3 Å². The van der Waals surface area contributed by atoms with Gasteiger partial charge in [0, 0.05) is 39.8 Å². The second kappa shape index (κ2) is 6.43. The standard InChI is InChI=1S/C17H23N3O2S/c1-12(9-20-16-7-5-4-6-15(16)8-18-20)17(21)19-10-13(2)23(22)14(3)11-19/h4-8,12-14H,9-11H2,1-3H3/t12-,13-,14+,23?/m0/s1. The molecule has 2 heterocycles. The van der Waals surface area contributed by atoms with Crippen LogP contribution in [0.1, 0.15) is 20.8 Å². The minimum Gasteiger partial charge on any atom is -0.340 e. The molecule has 1 aromatic carbocycles. The summed E-state index contributed by atoms with van der Waals surface area (Å²) in [4.78, 5) is 14.6. The molecule has 3 rings (SSSR count). The van der Waals surface area contributed by atoms with Crippen LogP contribution in [0.2, 0.25) is 0 Å². The Balaban J connectivity index is 1.71. The van der Waals surface area contributed by atoms with Crippen LogP contribution < -0.4 is 0 Å². The van der Waals surface area contributed by atoms with Gasteiger partial charge in [0.05, 0.1) is 24.2 Å². The normalized spacial score (nSPS) is 26.4. The van der Waals surface area contributed by atoms with Crippen molar-refractivity contribution in [3.8, 4) is 0 Å². The van der Waals surface area contributed by atoms with Crippen molar-refractivity contribution in [2.75, 3.05) is 13.1 Å². The molecule has 6 heteroatoms. The van der Waals surface area contributed by atoms with Crippen molar-refractivity contribution in [3.05, 3.63) is 30.5 Å². The molecule has 1 aliphatic rings. The monoisotopic (exact) mass is 333 g/mol. The van der Waals surface area contributed by atoms with Crippen LogP contribution in [0.15, 0.2) is 30.5 Å². The highest BCUT2D eigenvalue weighted by Gasteiger charge is 2.33. The van der Waals surface area contributed by atoms with Gasteiger partial charge in [-0.2, -0.15) is 5.10 Å². The van der Waals surface area contributed by atoms with Gasteiger partial charge in [-0.3, -0.25) is 13.7 Å². The summed E-state index contributed by atoms with van der Waals surface area (Å²) in [5.41, 5.74) is 1.05. The number of nitrogens with zero attached hydrogens (tertiary/aromatic N) is 3. The van der Waals surface area contributed by atoms with Gasteiger partial charge in [0.1, 0.15) is 0 Å². The summed E-state index contributed by atoms with van der Waals surface area (Å²) >= 11 is 0. The van der Waals surface area contributed by atoms with E-state index < -0.39 is 10.8 Å². The summed E-state index contributed by atoms with van der Waals surface area (Å²) in [5, 5.41) is 5.57. The Kier molecular flexibility index (Phi) is 4.53. The minimum absolute atomic E-state index is 0.0421. The molecule has 1 aromatic heterocycles. The fourth-order valence-electron chi connectivity index (χ4n) is 3.24. The van der Waals surface area contributed by atoms with Crippen molar-refractivity contribution >= 4 is 27.6 Å². The molecule has 1 unspecified atom stereocenters. The fraction of sp³-hybridized carbons (Fsp3) is 0.529. The minimum atomic E-state index is -0.842. The number of hydrogen-bond acceptors (Lipinski definition) is 3. The van der Waals surface area contributed by atoms with Crippen molar-refractivity contribution in [2.24, 2.45) is 5.92 Å². The van der Waals surface area contributed by atoms with Gasteiger partial charge in [0.25, 0.3) is 0 Å². The topological polar surface area (TPSA) is 55.2 Å². The van der Waals surface area contributed by atoms with E-state index in [1.165, 1.54) is 0 Å². The van der Waals surface area contributed by atoms with E-state index >= 15 is 0 Å². The molecule has 1 saturated heterocycles. The fourth-order valence-corrected chi connectivity index (χ4v) is 4.69. The van der Waals surface area contributed by atoms with Crippen molar-refractivity contribution in [1.29, 1.82) is 0 Å². The van der Waals surface area contributed by atoms with Crippen molar-refractivity contribution in [1.82, 2.24) is 14.7 Å². The zero-order valence-corrected chi connectivity index (χ0v) is 14.6. The largest absolute Gasteiger partial charge is 0.340 e. The molecule has 0 spiro atoms. The maximum Gasteiger partial charge on any atom is 0.227 e. The van der Waals surface area contributed by atoms with Gasteiger partial charge in [0.15, 0.2) is 0 Å². The molecule has 1 aliphatic heterocycles. The molecule has 2 aromatic rings. The first kappa shape index (κ1) is 16.2. The van der Waals surface area contributed by atoms with E-state index in [1.54, 1.807) is 0 Å². The lowest BCUT2D eigenvalue weighted by Crippen LogP contribution is -2.51. The Morgan fingerprint density at radius 1 is 1.30 bits per heavy atom. The van der Waals surface area contributed by atoms with Crippen LogP contribution in [-0.2, 0) is 22.1 Å². The number of carbonyl (C=O) groups is 1. The van der Waals surface area contributed by atoms with Crippen molar-refractivity contribution in [3.63, 3.8) is 0 Å². The number of fused-ring (bicyclic) bond motifs is 1. The summed E-state index contributed by atoms with van der Waals surface area (Å²) in [6, 6.07) is 8.01. The molecule has 0 radical (unpaired) electrons. The predicted molar refractivity (Wildman–Crippen MR) is 92.5 cm³/mol. The SMILES string of the molecule is C[C@@H]1CN(C(=O)[C@@H](C)Cn2ncc3ccccc32)C[C@H](C)S1=O. The number of benzene rings is 1. The molecule has 5 nitrogen and oxygen atoms in total. The summed E-state index contributed by atoms with van der Waals surface area (Å²) in [7, 11) is -0.842. The summed E-state index contributed by atoms with van der Waals surface area (Å²) in [6.45, 7) is 7.59. The average molecular weight is 333 g/mol. The second-order valence-electron chi connectivity index (χ2n) is 6.48. The first-order chi connectivity index (χ1) is 11.0. The predicted octanol–water partition coefficient (Wildman–Crippen LogP) is 2.04. The lowest BCUT2D eigenvalue weighted by atomic mass is 10.1. The molecule has 4 atom stereocenters. The van der Waals surface area contributed by atoms with Crippen LogP contribution >= 0.6 is 0 Å². The second-order valence-corrected chi connectivity index (χ2v) is 8.75. The zero-order valence-electron chi connectivity index (χ0n) is 13.8. The molecule has 0 saturated carbocycles. The van der Waals surface area contributed by atoms with Crippen molar-refractivity contribution in [2.45, 2.75) is 37.8 Å². The smallest absolute Gasteiger partial charge is 0.227 e. The van der Waals surface area contributed by atoms with E-state index in [0.717, 1.165) is 10.9 Å². The Bertz CT molecular complexity index is 728.